The number of halogens is 3. The van der Waals surface area contributed by atoms with Crippen molar-refractivity contribution >= 4 is 21.7 Å². The first kappa shape index (κ1) is 15.1. The van der Waals surface area contributed by atoms with Crippen molar-refractivity contribution in [2.24, 2.45) is 0 Å². The Balaban J connectivity index is 3.76. The highest BCUT2D eigenvalue weighted by Gasteiger charge is 2.30. The van der Waals surface area contributed by atoms with Crippen LogP contribution in [-0.4, -0.2) is 32.9 Å². The van der Waals surface area contributed by atoms with Gasteiger partial charge in [-0.3, -0.25) is 4.72 Å². The lowest BCUT2D eigenvalue weighted by molar-refractivity contribution is 0.0691. The molecule has 19 heavy (non-hydrogen) atoms. The van der Waals surface area contributed by atoms with Gasteiger partial charge in [-0.15, -0.1) is 0 Å². The minimum atomic E-state index is -4.11. The fourth-order valence-electron chi connectivity index (χ4n) is 1.30. The average Bonchev–Trinajstić information content (AvgIpc) is 2.24. The molecule has 0 radical (unpaired) electrons. The number of hydrogen-bond acceptors (Lipinski definition) is 4. The van der Waals surface area contributed by atoms with E-state index in [4.69, 9.17) is 5.11 Å². The summed E-state index contributed by atoms with van der Waals surface area (Å²) >= 11 is 0. The standard InChI is InChI=1S/C9H8F3NO5S/c1-18-8-5(11)4(10)3(9(14)15)7(6(8)12)13-19(2,16)17/h13H,1-2H3,(H,14,15). The summed E-state index contributed by atoms with van der Waals surface area (Å²) in [6, 6.07) is 0. The summed E-state index contributed by atoms with van der Waals surface area (Å²) in [6.07, 6.45) is 0.589. The molecule has 0 aliphatic rings. The zero-order chi connectivity index (χ0) is 15.0. The summed E-state index contributed by atoms with van der Waals surface area (Å²) in [7, 11) is -3.30. The molecule has 1 aromatic carbocycles. The fraction of sp³-hybridized carbons (Fsp3) is 0.222. The minimum Gasteiger partial charge on any atom is -0.491 e. The molecular formula is C9H8F3NO5S. The van der Waals surface area contributed by atoms with E-state index in [0.717, 1.165) is 7.11 Å². The van der Waals surface area contributed by atoms with E-state index in [9.17, 15) is 26.4 Å². The molecule has 1 rings (SSSR count). The maximum absolute atomic E-state index is 13.7. The van der Waals surface area contributed by atoms with E-state index >= 15 is 0 Å². The number of sulfonamides is 1. The number of nitrogens with one attached hydrogen (secondary N) is 1. The first-order valence-electron chi connectivity index (χ1n) is 4.55. The molecule has 0 saturated heterocycles. The highest BCUT2D eigenvalue weighted by molar-refractivity contribution is 7.92. The van der Waals surface area contributed by atoms with E-state index in [2.05, 4.69) is 4.74 Å². The fourth-order valence-corrected chi connectivity index (χ4v) is 1.86. The third-order valence-electron chi connectivity index (χ3n) is 1.99. The maximum Gasteiger partial charge on any atom is 0.341 e. The number of benzene rings is 1. The van der Waals surface area contributed by atoms with Crippen molar-refractivity contribution in [3.63, 3.8) is 0 Å². The Morgan fingerprint density at radius 1 is 1.21 bits per heavy atom. The second-order valence-corrected chi connectivity index (χ2v) is 5.15. The Morgan fingerprint density at radius 2 is 1.74 bits per heavy atom. The van der Waals surface area contributed by atoms with E-state index in [-0.39, 0.29) is 0 Å². The third kappa shape index (κ3) is 2.89. The topological polar surface area (TPSA) is 92.7 Å². The molecule has 0 aliphatic heterocycles. The van der Waals surface area contributed by atoms with Crippen LogP contribution in [0, 0.1) is 17.5 Å². The lowest BCUT2D eigenvalue weighted by atomic mass is 10.1. The molecule has 0 heterocycles. The van der Waals surface area contributed by atoms with Gasteiger partial charge in [-0.25, -0.2) is 22.0 Å². The number of hydrogen-bond donors (Lipinski definition) is 2. The van der Waals surface area contributed by atoms with Crippen molar-refractivity contribution in [2.75, 3.05) is 18.1 Å². The Hall–Kier alpha value is -1.97. The highest BCUT2D eigenvalue weighted by atomic mass is 32.2. The Bertz CT molecular complexity index is 644. The maximum atomic E-state index is 13.7. The second-order valence-electron chi connectivity index (χ2n) is 3.40. The molecule has 0 atom stereocenters. The minimum absolute atomic E-state index is 0.589. The molecule has 6 nitrogen and oxygen atoms in total. The van der Waals surface area contributed by atoms with Gasteiger partial charge in [-0.05, 0) is 0 Å². The Labute approximate surface area is 105 Å². The van der Waals surface area contributed by atoms with Crippen LogP contribution in [0.4, 0.5) is 18.9 Å². The van der Waals surface area contributed by atoms with Crippen LogP contribution in [0.5, 0.6) is 5.75 Å². The van der Waals surface area contributed by atoms with E-state index < -0.39 is 50.4 Å². The van der Waals surface area contributed by atoms with Crippen LogP contribution in [-0.2, 0) is 10.0 Å². The number of carbonyl (C=O) groups is 1. The van der Waals surface area contributed by atoms with Gasteiger partial charge < -0.3 is 9.84 Å². The number of anilines is 1. The zero-order valence-electron chi connectivity index (χ0n) is 9.62. The molecule has 0 bridgehead atoms. The number of ether oxygens (including phenoxy) is 1. The molecule has 0 amide bonds. The lowest BCUT2D eigenvalue weighted by Gasteiger charge is -2.13. The van der Waals surface area contributed by atoms with Crippen molar-refractivity contribution in [3.05, 3.63) is 23.0 Å². The van der Waals surface area contributed by atoms with Gasteiger partial charge in [0.25, 0.3) is 0 Å². The quantitative estimate of drug-likeness (QED) is 0.814. The van der Waals surface area contributed by atoms with Crippen LogP contribution in [0.1, 0.15) is 10.4 Å². The van der Waals surface area contributed by atoms with Crippen molar-refractivity contribution < 1.29 is 36.2 Å². The van der Waals surface area contributed by atoms with Gasteiger partial charge in [0, 0.05) is 0 Å². The van der Waals surface area contributed by atoms with Crippen LogP contribution in [0.2, 0.25) is 0 Å². The van der Waals surface area contributed by atoms with Crippen LogP contribution in [0.3, 0.4) is 0 Å². The van der Waals surface area contributed by atoms with Gasteiger partial charge in [0.15, 0.2) is 17.4 Å². The molecule has 0 fully saturated rings. The molecule has 10 heteroatoms. The number of carboxylic acid groups (broad SMARTS) is 1. The zero-order valence-corrected chi connectivity index (χ0v) is 10.4. The van der Waals surface area contributed by atoms with E-state index in [1.807, 2.05) is 0 Å². The highest BCUT2D eigenvalue weighted by Crippen LogP contribution is 2.34. The first-order valence-corrected chi connectivity index (χ1v) is 6.44. The van der Waals surface area contributed by atoms with Gasteiger partial charge in [0.1, 0.15) is 11.3 Å². The van der Waals surface area contributed by atoms with E-state index in [0.29, 0.717) is 6.26 Å². The normalized spacial score (nSPS) is 11.2. The summed E-state index contributed by atoms with van der Waals surface area (Å²) in [5.41, 5.74) is -2.70. The molecule has 2 N–H and O–H groups in total. The van der Waals surface area contributed by atoms with Crippen LogP contribution >= 0.6 is 0 Å². The number of rotatable bonds is 4. The molecule has 0 aliphatic carbocycles. The SMILES string of the molecule is COc1c(F)c(F)c(C(=O)O)c(NS(C)(=O)=O)c1F. The smallest absolute Gasteiger partial charge is 0.341 e. The first-order chi connectivity index (χ1) is 8.60. The predicted molar refractivity (Wildman–Crippen MR) is 58.3 cm³/mol. The van der Waals surface area contributed by atoms with Gasteiger partial charge in [-0.1, -0.05) is 0 Å². The van der Waals surface area contributed by atoms with Gasteiger partial charge in [-0.2, -0.15) is 4.39 Å². The largest absolute Gasteiger partial charge is 0.491 e. The van der Waals surface area contributed by atoms with Crippen molar-refractivity contribution in [1.29, 1.82) is 0 Å². The third-order valence-corrected chi connectivity index (χ3v) is 2.56. The lowest BCUT2D eigenvalue weighted by Crippen LogP contribution is -2.18. The molecule has 0 saturated carbocycles. The average molecular weight is 299 g/mol. The van der Waals surface area contributed by atoms with Crippen LogP contribution in [0.25, 0.3) is 0 Å². The summed E-state index contributed by atoms with van der Waals surface area (Å²) < 4.78 is 68.2. The molecular weight excluding hydrogens is 291 g/mol. The van der Waals surface area contributed by atoms with E-state index in [1.54, 1.807) is 0 Å². The summed E-state index contributed by atoms with van der Waals surface area (Å²) in [5, 5.41) is 8.71. The van der Waals surface area contributed by atoms with Gasteiger partial charge in [0.05, 0.1) is 13.4 Å². The second kappa shape index (κ2) is 4.96. The van der Waals surface area contributed by atoms with Crippen molar-refractivity contribution in [1.82, 2.24) is 0 Å². The van der Waals surface area contributed by atoms with Gasteiger partial charge in [0.2, 0.25) is 15.8 Å². The number of methoxy groups -OCH3 is 1. The van der Waals surface area contributed by atoms with E-state index in [1.165, 1.54) is 4.72 Å². The number of aromatic carboxylic acids is 1. The Kier molecular flexibility index (Phi) is 3.94. The molecule has 0 unspecified atom stereocenters. The van der Waals surface area contributed by atoms with Crippen LogP contribution < -0.4 is 9.46 Å². The molecule has 106 valence electrons. The summed E-state index contributed by atoms with van der Waals surface area (Å²) in [4.78, 5) is 10.8. The van der Waals surface area contributed by atoms with Crippen molar-refractivity contribution in [2.45, 2.75) is 0 Å². The number of carboxylic acids is 1. The van der Waals surface area contributed by atoms with Crippen molar-refractivity contribution in [3.8, 4) is 5.75 Å². The monoisotopic (exact) mass is 299 g/mol. The van der Waals surface area contributed by atoms with Crippen LogP contribution in [0.15, 0.2) is 0 Å². The van der Waals surface area contributed by atoms with Gasteiger partial charge >= 0.3 is 5.97 Å². The Morgan fingerprint density at radius 3 is 2.11 bits per heavy atom. The molecule has 0 spiro atoms. The predicted octanol–water partition coefficient (Wildman–Crippen LogP) is 1.18. The summed E-state index contributed by atoms with van der Waals surface area (Å²) in [6.45, 7) is 0. The molecule has 1 aromatic rings. The molecule has 0 aromatic heterocycles. The summed E-state index contributed by atoms with van der Waals surface area (Å²) in [5.74, 6) is -8.73.